The molecule has 5 heteroatoms. The van der Waals surface area contributed by atoms with Gasteiger partial charge in [0.05, 0.1) is 0 Å². The number of allylic oxidation sites excluding steroid dienone is 1. The Balaban J connectivity index is 1.03. The van der Waals surface area contributed by atoms with Crippen LogP contribution in [0.25, 0.3) is 80.7 Å². The average molecular weight is 946 g/mol. The molecule has 0 amide bonds. The Labute approximate surface area is 379 Å². The number of nitrogens with zero attached hydrogens (tertiary/aromatic N) is 3. The topological polar surface area (TPSA) is 22.8 Å². The fourth-order valence-electron chi connectivity index (χ4n) is 11.1. The van der Waals surface area contributed by atoms with E-state index in [1.165, 1.54) is 86.0 Å². The molecule has 0 radical (unpaired) electrons. The standard InChI is InChI=1S/C58H48IN3S/c1-5-32-57(4,62-52-25-15-10-19-41(52)42-20-11-16-26-53(42)62)38-28-30-49-45(34-38)40-18-8-13-23-48(40)59(49)58(7-3,33-6-2)39-29-31-51-46(35-39)43-21-9-14-24-50(43)61(51)56-36-55-47(37-60-56)44-22-12-17-27-54(44)63-55/h5,8-31,34-37H,1,6-7,32-33H2,2-4H3. The molecule has 2 atom stereocenters. The van der Waals surface area contributed by atoms with Crippen molar-refractivity contribution in [2.24, 2.45) is 0 Å². The van der Waals surface area contributed by atoms with Gasteiger partial charge in [-0.2, -0.15) is 0 Å². The fraction of sp³-hybridized carbons (Fsp3) is 0.155. The summed E-state index contributed by atoms with van der Waals surface area (Å²) >= 11 is -0.303. The molecule has 5 heterocycles. The van der Waals surface area contributed by atoms with Crippen molar-refractivity contribution in [2.75, 3.05) is 0 Å². The Morgan fingerprint density at radius 1 is 0.587 bits per heavy atom. The summed E-state index contributed by atoms with van der Waals surface area (Å²) in [7, 11) is 0. The number of pyridine rings is 1. The van der Waals surface area contributed by atoms with Crippen LogP contribution in [0.3, 0.4) is 0 Å². The normalized spacial score (nSPS) is 15.1. The van der Waals surface area contributed by atoms with E-state index in [0.29, 0.717) is 0 Å². The summed E-state index contributed by atoms with van der Waals surface area (Å²) in [5.41, 5.74) is 10.2. The number of benzene rings is 7. The van der Waals surface area contributed by atoms with Crippen LogP contribution in [0, 0.1) is 7.14 Å². The minimum atomic E-state index is -2.15. The van der Waals surface area contributed by atoms with Crippen molar-refractivity contribution in [3.05, 3.63) is 201 Å². The Hall–Kier alpha value is -6.02. The monoisotopic (exact) mass is 945 g/mol. The van der Waals surface area contributed by atoms with Gasteiger partial charge >= 0.3 is 370 Å². The van der Waals surface area contributed by atoms with Gasteiger partial charge in [-0.3, -0.25) is 0 Å². The first kappa shape index (κ1) is 38.6. The third-order valence-electron chi connectivity index (χ3n) is 14.0. The molecule has 63 heavy (non-hydrogen) atoms. The second-order valence-corrected chi connectivity index (χ2v) is 24.5. The Bertz CT molecular complexity index is 3570. The van der Waals surface area contributed by atoms with Crippen LogP contribution in [0.1, 0.15) is 57.6 Å². The first-order valence-electron chi connectivity index (χ1n) is 22.3. The van der Waals surface area contributed by atoms with Crippen LogP contribution in [-0.2, 0) is 8.96 Å². The summed E-state index contributed by atoms with van der Waals surface area (Å²) in [5.74, 6) is 0.970. The molecule has 0 aliphatic carbocycles. The molecule has 0 saturated carbocycles. The first-order chi connectivity index (χ1) is 31.0. The van der Waals surface area contributed by atoms with Gasteiger partial charge in [0.1, 0.15) is 0 Å². The van der Waals surface area contributed by atoms with Gasteiger partial charge < -0.3 is 0 Å². The van der Waals surface area contributed by atoms with Crippen LogP contribution in [-0.4, -0.2) is 14.1 Å². The summed E-state index contributed by atoms with van der Waals surface area (Å²) in [6, 6.07) is 62.2. The molecule has 308 valence electrons. The molecule has 7 aromatic carbocycles. The zero-order chi connectivity index (χ0) is 42.5. The van der Waals surface area contributed by atoms with Crippen LogP contribution in [0.15, 0.2) is 183 Å². The first-order valence-corrected chi connectivity index (χ1v) is 26.4. The van der Waals surface area contributed by atoms with E-state index in [1.54, 1.807) is 7.14 Å². The molecule has 0 N–H and O–H groups in total. The minimum absolute atomic E-state index is 0.0183. The third-order valence-corrected chi connectivity index (χ3v) is 23.3. The summed E-state index contributed by atoms with van der Waals surface area (Å²) in [4.78, 5) is 5.15. The summed E-state index contributed by atoms with van der Waals surface area (Å²) in [6.07, 6.45) is 8.37. The van der Waals surface area contributed by atoms with E-state index in [1.807, 2.05) is 11.3 Å². The number of hydrogen-bond donors (Lipinski definition) is 0. The predicted molar refractivity (Wildman–Crippen MR) is 279 cm³/mol. The molecule has 1 aliphatic heterocycles. The van der Waals surface area contributed by atoms with Gasteiger partial charge in [-0.1, -0.05) is 12.1 Å². The van der Waals surface area contributed by atoms with Gasteiger partial charge in [-0.15, -0.1) is 0 Å². The van der Waals surface area contributed by atoms with E-state index in [0.717, 1.165) is 31.5 Å². The van der Waals surface area contributed by atoms with E-state index < -0.39 is 19.8 Å². The van der Waals surface area contributed by atoms with Crippen LogP contribution in [0.4, 0.5) is 0 Å². The van der Waals surface area contributed by atoms with Crippen molar-refractivity contribution in [1.29, 1.82) is 0 Å². The summed E-state index contributed by atoms with van der Waals surface area (Å²) in [5, 5.41) is 7.68. The van der Waals surface area contributed by atoms with Crippen LogP contribution < -0.4 is 0 Å². The molecule has 4 aromatic heterocycles. The van der Waals surface area contributed by atoms with Gasteiger partial charge in [-0.25, -0.2) is 0 Å². The second kappa shape index (κ2) is 14.8. The number of thiophene rings is 1. The average Bonchev–Trinajstić information content (AvgIpc) is 4.07. The number of alkyl halides is 1. The number of rotatable bonds is 10. The van der Waals surface area contributed by atoms with E-state index in [2.05, 4.69) is 213 Å². The number of fused-ring (bicyclic) bond motifs is 12. The van der Waals surface area contributed by atoms with Crippen LogP contribution in [0.5, 0.6) is 0 Å². The Kier molecular flexibility index (Phi) is 9.07. The molecule has 0 saturated heterocycles. The molecule has 3 nitrogen and oxygen atoms in total. The molecule has 0 bridgehead atoms. The summed E-state index contributed by atoms with van der Waals surface area (Å²) < 4.78 is 10.8. The summed E-state index contributed by atoms with van der Waals surface area (Å²) in [6.45, 7) is 11.6. The maximum atomic E-state index is 5.15. The van der Waals surface area contributed by atoms with Crippen molar-refractivity contribution in [1.82, 2.24) is 14.1 Å². The molecule has 2 unspecified atom stereocenters. The third kappa shape index (κ3) is 5.58. The molecule has 0 fully saturated rings. The molecule has 0 spiro atoms. The van der Waals surface area contributed by atoms with E-state index in [9.17, 15) is 0 Å². The zero-order valence-corrected chi connectivity index (χ0v) is 38.9. The molecule has 11 aromatic rings. The quantitative estimate of drug-likeness (QED) is 0.0761. The number of para-hydroxylation sites is 3. The van der Waals surface area contributed by atoms with Crippen molar-refractivity contribution < 1.29 is 0 Å². The fourth-order valence-corrected chi connectivity index (χ4v) is 21.1. The van der Waals surface area contributed by atoms with Gasteiger partial charge in [0.25, 0.3) is 0 Å². The van der Waals surface area contributed by atoms with Crippen molar-refractivity contribution in [3.8, 4) is 16.9 Å². The predicted octanol–water partition coefficient (Wildman–Crippen LogP) is 16.6. The molecular weight excluding hydrogens is 898 g/mol. The zero-order valence-electron chi connectivity index (χ0n) is 35.9. The van der Waals surface area contributed by atoms with Gasteiger partial charge in [0, 0.05) is 0 Å². The van der Waals surface area contributed by atoms with Gasteiger partial charge in [0.2, 0.25) is 0 Å². The number of aromatic nitrogens is 3. The van der Waals surface area contributed by atoms with Crippen molar-refractivity contribution in [2.45, 2.75) is 55.4 Å². The second-order valence-electron chi connectivity index (χ2n) is 17.4. The van der Waals surface area contributed by atoms with Crippen molar-refractivity contribution >= 4 is 94.9 Å². The molecule has 12 rings (SSSR count). The van der Waals surface area contributed by atoms with Crippen molar-refractivity contribution in [3.63, 3.8) is 0 Å². The van der Waals surface area contributed by atoms with E-state index in [-0.39, 0.29) is 8.96 Å². The Morgan fingerprint density at radius 2 is 1.21 bits per heavy atom. The van der Waals surface area contributed by atoms with Crippen LogP contribution >= 0.6 is 31.2 Å². The Morgan fingerprint density at radius 3 is 1.94 bits per heavy atom. The van der Waals surface area contributed by atoms with Gasteiger partial charge in [-0.05, 0) is 0 Å². The maximum absolute atomic E-state index is 5.15. The van der Waals surface area contributed by atoms with E-state index >= 15 is 0 Å². The number of hydrogen-bond acceptors (Lipinski definition) is 2. The number of halogens is 1. The van der Waals surface area contributed by atoms with E-state index in [4.69, 9.17) is 4.98 Å². The SMILES string of the molecule is C=CCC(C)(c1ccc2c(c1)-c1ccccc1I2C(CC)(CCC)c1ccc2c(c1)c1ccccc1n2-c1cc2sc3ccccc3c2cn1)n1c2ccccc2c2ccccc21. The van der Waals surface area contributed by atoms with Crippen LogP contribution in [0.2, 0.25) is 0 Å². The van der Waals surface area contributed by atoms with Gasteiger partial charge in [0.15, 0.2) is 0 Å². The molecular formula is C58H48IN3S. The molecule has 1 aliphatic rings.